The van der Waals surface area contributed by atoms with Crippen LogP contribution in [0.15, 0.2) is 30.5 Å². The molecule has 3 rings (SSSR count). The smallest absolute Gasteiger partial charge is 0.318 e. The molecule has 1 aromatic heterocycles. The Labute approximate surface area is 153 Å². The van der Waals surface area contributed by atoms with Crippen molar-refractivity contribution in [3.63, 3.8) is 0 Å². The van der Waals surface area contributed by atoms with E-state index in [0.29, 0.717) is 19.6 Å². The molecule has 1 saturated heterocycles. The minimum Gasteiger partial charge on any atom is -0.361 e. The topological polar surface area (TPSA) is 80.5 Å². The van der Waals surface area contributed by atoms with E-state index in [1.165, 1.54) is 10.9 Å². The lowest BCUT2D eigenvalue weighted by atomic mass is 10.1. The maximum absolute atomic E-state index is 12.3. The fourth-order valence-electron chi connectivity index (χ4n) is 3.55. The molecule has 1 aliphatic rings. The van der Waals surface area contributed by atoms with Gasteiger partial charge in [0.25, 0.3) is 0 Å². The van der Waals surface area contributed by atoms with Crippen LogP contribution in [0.3, 0.4) is 0 Å². The van der Waals surface area contributed by atoms with E-state index in [9.17, 15) is 9.59 Å². The SMILES string of the molecule is CCNC(=O)N1CCN(CCc2c[nH]c3ccccc23)CC1C(=O)NC. The highest BCUT2D eigenvalue weighted by Crippen LogP contribution is 2.19. The van der Waals surface area contributed by atoms with E-state index in [2.05, 4.69) is 38.8 Å². The molecule has 1 atom stereocenters. The third-order valence-corrected chi connectivity index (χ3v) is 4.97. The number of likely N-dealkylation sites (N-methyl/N-ethyl adjacent to an activating group) is 1. The van der Waals surface area contributed by atoms with Gasteiger partial charge in [-0.15, -0.1) is 0 Å². The van der Waals surface area contributed by atoms with Gasteiger partial charge in [-0.2, -0.15) is 0 Å². The molecule has 2 aromatic rings. The Hall–Kier alpha value is -2.54. The summed E-state index contributed by atoms with van der Waals surface area (Å²) in [7, 11) is 1.61. The first-order valence-electron chi connectivity index (χ1n) is 9.17. The zero-order valence-electron chi connectivity index (χ0n) is 15.4. The Kier molecular flexibility index (Phi) is 5.78. The van der Waals surface area contributed by atoms with Crippen LogP contribution in [0.25, 0.3) is 10.9 Å². The lowest BCUT2D eigenvalue weighted by Crippen LogP contribution is -2.62. The predicted octanol–water partition coefficient (Wildman–Crippen LogP) is 1.17. The number of amides is 3. The van der Waals surface area contributed by atoms with Gasteiger partial charge in [-0.3, -0.25) is 9.69 Å². The van der Waals surface area contributed by atoms with Gasteiger partial charge < -0.3 is 20.5 Å². The molecule has 26 heavy (non-hydrogen) atoms. The van der Waals surface area contributed by atoms with Crippen LogP contribution >= 0.6 is 0 Å². The van der Waals surface area contributed by atoms with Gasteiger partial charge in [0.05, 0.1) is 0 Å². The number of rotatable bonds is 5. The van der Waals surface area contributed by atoms with Crippen LogP contribution in [0.4, 0.5) is 4.79 Å². The molecule has 2 heterocycles. The summed E-state index contributed by atoms with van der Waals surface area (Å²) >= 11 is 0. The summed E-state index contributed by atoms with van der Waals surface area (Å²) in [6.07, 6.45) is 2.97. The van der Waals surface area contributed by atoms with E-state index in [0.717, 1.165) is 25.0 Å². The third-order valence-electron chi connectivity index (χ3n) is 4.97. The van der Waals surface area contributed by atoms with Crippen molar-refractivity contribution < 1.29 is 9.59 Å². The first-order chi connectivity index (χ1) is 12.6. The Balaban J connectivity index is 1.64. The van der Waals surface area contributed by atoms with Gasteiger partial charge in [-0.05, 0) is 25.0 Å². The quantitative estimate of drug-likeness (QED) is 0.751. The molecule has 3 N–H and O–H groups in total. The molecule has 0 saturated carbocycles. The van der Waals surface area contributed by atoms with Crippen molar-refractivity contribution in [3.05, 3.63) is 36.0 Å². The number of hydrogen-bond donors (Lipinski definition) is 3. The minimum absolute atomic E-state index is 0.118. The molecule has 3 amide bonds. The van der Waals surface area contributed by atoms with E-state index in [1.807, 2.05) is 19.1 Å². The highest BCUT2D eigenvalue weighted by molar-refractivity contribution is 5.87. The normalized spacial score (nSPS) is 18.1. The number of hydrogen-bond acceptors (Lipinski definition) is 3. The fourth-order valence-corrected chi connectivity index (χ4v) is 3.55. The monoisotopic (exact) mass is 357 g/mol. The van der Waals surface area contributed by atoms with Gasteiger partial charge in [0.2, 0.25) is 5.91 Å². The van der Waals surface area contributed by atoms with Crippen molar-refractivity contribution in [3.8, 4) is 0 Å². The Bertz CT molecular complexity index is 772. The largest absolute Gasteiger partial charge is 0.361 e. The van der Waals surface area contributed by atoms with Crippen molar-refractivity contribution in [2.75, 3.05) is 39.8 Å². The number of aromatic nitrogens is 1. The lowest BCUT2D eigenvalue weighted by molar-refractivity contribution is -0.127. The van der Waals surface area contributed by atoms with Crippen LogP contribution in [0.5, 0.6) is 0 Å². The van der Waals surface area contributed by atoms with Crippen molar-refractivity contribution in [1.29, 1.82) is 0 Å². The summed E-state index contributed by atoms with van der Waals surface area (Å²) in [4.78, 5) is 31.7. The van der Waals surface area contributed by atoms with E-state index >= 15 is 0 Å². The highest BCUT2D eigenvalue weighted by Gasteiger charge is 2.34. The number of H-pyrrole nitrogens is 1. The number of nitrogens with zero attached hydrogens (tertiary/aromatic N) is 2. The summed E-state index contributed by atoms with van der Waals surface area (Å²) in [6.45, 7) is 5.17. The molecule has 0 aliphatic carbocycles. The van der Waals surface area contributed by atoms with E-state index in [-0.39, 0.29) is 11.9 Å². The van der Waals surface area contributed by atoms with Crippen LogP contribution in [0.2, 0.25) is 0 Å². The van der Waals surface area contributed by atoms with Crippen molar-refractivity contribution in [2.45, 2.75) is 19.4 Å². The molecule has 7 nitrogen and oxygen atoms in total. The molecule has 0 spiro atoms. The second-order valence-electron chi connectivity index (χ2n) is 6.57. The standard InChI is InChI=1S/C19H27N5O2/c1-3-21-19(26)24-11-10-23(13-17(24)18(25)20-2)9-8-14-12-22-16-7-5-4-6-15(14)16/h4-7,12,17,22H,3,8-11,13H2,1-2H3,(H,20,25)(H,21,26). The first kappa shape index (κ1) is 18.3. The lowest BCUT2D eigenvalue weighted by Gasteiger charge is -2.40. The molecule has 7 heteroatoms. The Morgan fingerprint density at radius 1 is 1.27 bits per heavy atom. The van der Waals surface area contributed by atoms with Crippen molar-refractivity contribution in [2.24, 2.45) is 0 Å². The number of nitrogens with one attached hydrogen (secondary N) is 3. The first-order valence-corrected chi connectivity index (χ1v) is 9.17. The maximum atomic E-state index is 12.3. The number of para-hydroxylation sites is 1. The number of carbonyl (C=O) groups excluding carboxylic acids is 2. The van der Waals surface area contributed by atoms with E-state index < -0.39 is 6.04 Å². The van der Waals surface area contributed by atoms with Gasteiger partial charge in [-0.25, -0.2) is 4.79 Å². The average molecular weight is 357 g/mol. The number of benzene rings is 1. The summed E-state index contributed by atoms with van der Waals surface area (Å²) < 4.78 is 0. The van der Waals surface area contributed by atoms with Gasteiger partial charge >= 0.3 is 6.03 Å². The van der Waals surface area contributed by atoms with Gasteiger partial charge in [0.15, 0.2) is 0 Å². The highest BCUT2D eigenvalue weighted by atomic mass is 16.2. The molecular formula is C19H27N5O2. The summed E-state index contributed by atoms with van der Waals surface area (Å²) in [5.74, 6) is -0.118. The van der Waals surface area contributed by atoms with E-state index in [1.54, 1.807) is 11.9 Å². The van der Waals surface area contributed by atoms with Gasteiger partial charge in [0, 0.05) is 56.9 Å². The van der Waals surface area contributed by atoms with Gasteiger partial charge in [0.1, 0.15) is 6.04 Å². The minimum atomic E-state index is -0.455. The zero-order valence-corrected chi connectivity index (χ0v) is 15.4. The second-order valence-corrected chi connectivity index (χ2v) is 6.57. The summed E-state index contributed by atoms with van der Waals surface area (Å²) in [5.41, 5.74) is 2.43. The number of urea groups is 1. The van der Waals surface area contributed by atoms with Crippen molar-refractivity contribution >= 4 is 22.8 Å². The molecule has 1 unspecified atom stereocenters. The van der Waals surface area contributed by atoms with Crippen molar-refractivity contribution in [1.82, 2.24) is 25.4 Å². The Morgan fingerprint density at radius 2 is 2.08 bits per heavy atom. The number of fused-ring (bicyclic) bond motifs is 1. The summed E-state index contributed by atoms with van der Waals surface area (Å²) in [6, 6.07) is 7.65. The zero-order chi connectivity index (χ0) is 18.5. The number of aromatic amines is 1. The average Bonchev–Trinajstić information content (AvgIpc) is 3.09. The van der Waals surface area contributed by atoms with Crippen LogP contribution < -0.4 is 10.6 Å². The Morgan fingerprint density at radius 3 is 2.85 bits per heavy atom. The number of piperazine rings is 1. The maximum Gasteiger partial charge on any atom is 0.318 e. The van der Waals surface area contributed by atoms with Crippen LogP contribution in [0.1, 0.15) is 12.5 Å². The van der Waals surface area contributed by atoms with Crippen LogP contribution in [0, 0.1) is 0 Å². The van der Waals surface area contributed by atoms with Crippen LogP contribution in [-0.2, 0) is 11.2 Å². The molecule has 1 aliphatic heterocycles. The molecule has 0 bridgehead atoms. The van der Waals surface area contributed by atoms with Crippen LogP contribution in [-0.4, -0.2) is 72.5 Å². The second kappa shape index (κ2) is 8.23. The fraction of sp³-hybridized carbons (Fsp3) is 0.474. The molecule has 0 radical (unpaired) electrons. The number of carbonyl (C=O) groups is 2. The molecule has 1 fully saturated rings. The third kappa shape index (κ3) is 3.83. The molecule has 1 aromatic carbocycles. The predicted molar refractivity (Wildman–Crippen MR) is 102 cm³/mol. The molecular weight excluding hydrogens is 330 g/mol. The van der Waals surface area contributed by atoms with E-state index in [4.69, 9.17) is 0 Å². The van der Waals surface area contributed by atoms with Gasteiger partial charge in [-0.1, -0.05) is 18.2 Å². The summed E-state index contributed by atoms with van der Waals surface area (Å²) in [5, 5.41) is 6.73. The molecule has 140 valence electrons.